The van der Waals surface area contributed by atoms with Gasteiger partial charge in [-0.15, -0.1) is 0 Å². The number of benzene rings is 1. The maximum Gasteiger partial charge on any atom is 0.230 e. The predicted molar refractivity (Wildman–Crippen MR) is 87.2 cm³/mol. The molecule has 0 aromatic heterocycles. The van der Waals surface area contributed by atoms with E-state index in [1.54, 1.807) is 0 Å². The van der Waals surface area contributed by atoms with Gasteiger partial charge in [0.2, 0.25) is 5.91 Å². The van der Waals surface area contributed by atoms with E-state index in [-0.39, 0.29) is 11.3 Å². The molecule has 19 heavy (non-hydrogen) atoms. The summed E-state index contributed by atoms with van der Waals surface area (Å²) in [6.07, 6.45) is 2.28. The topological polar surface area (TPSA) is 41.1 Å². The van der Waals surface area contributed by atoms with Crippen LogP contribution in [-0.2, 0) is 4.79 Å². The fourth-order valence-corrected chi connectivity index (χ4v) is 3.05. The summed E-state index contributed by atoms with van der Waals surface area (Å²) in [5.41, 5.74) is 0.545. The van der Waals surface area contributed by atoms with Crippen molar-refractivity contribution in [1.29, 1.82) is 0 Å². The lowest BCUT2D eigenvalue weighted by atomic mass is 9.74. The summed E-state index contributed by atoms with van der Waals surface area (Å²) in [6.45, 7) is 6.11. The van der Waals surface area contributed by atoms with Crippen LogP contribution in [0.1, 0.15) is 26.7 Å². The Labute approximate surface area is 128 Å². The minimum atomic E-state index is -0.339. The highest BCUT2D eigenvalue weighted by Crippen LogP contribution is 2.33. The molecule has 1 fully saturated rings. The highest BCUT2D eigenvalue weighted by atomic mass is 127. The number of piperidine rings is 1. The van der Waals surface area contributed by atoms with Gasteiger partial charge in [0.1, 0.15) is 0 Å². The van der Waals surface area contributed by atoms with Gasteiger partial charge in [-0.3, -0.25) is 4.79 Å². The molecule has 1 aromatic carbocycles. The van der Waals surface area contributed by atoms with Gasteiger partial charge in [-0.05, 0) is 72.6 Å². The monoisotopic (exact) mass is 372 g/mol. The van der Waals surface area contributed by atoms with E-state index in [4.69, 9.17) is 0 Å². The molecule has 0 spiro atoms. The molecule has 4 heteroatoms. The molecule has 104 valence electrons. The van der Waals surface area contributed by atoms with Gasteiger partial charge in [-0.25, -0.2) is 0 Å². The maximum absolute atomic E-state index is 12.5. The fraction of sp³-hybridized carbons (Fsp3) is 0.533. The first-order chi connectivity index (χ1) is 9.00. The third-order valence-electron chi connectivity index (χ3n) is 3.99. The Hall–Kier alpha value is -0.620. The van der Waals surface area contributed by atoms with Crippen LogP contribution in [0.5, 0.6) is 0 Å². The standard InChI is InChI=1S/C15H21IN2O/c1-15(2,11-5-4-8-17-10-11)14(19)18-13-7-3-6-12(16)9-13/h3,6-7,9,11,17H,4-5,8,10H2,1-2H3,(H,18,19). The van der Waals surface area contributed by atoms with Gasteiger partial charge in [0.25, 0.3) is 0 Å². The van der Waals surface area contributed by atoms with Gasteiger partial charge in [0.05, 0.1) is 0 Å². The summed E-state index contributed by atoms with van der Waals surface area (Å²) in [7, 11) is 0. The quantitative estimate of drug-likeness (QED) is 0.800. The number of rotatable bonds is 3. The summed E-state index contributed by atoms with van der Waals surface area (Å²) in [4.78, 5) is 12.5. The third-order valence-corrected chi connectivity index (χ3v) is 4.66. The molecule has 3 nitrogen and oxygen atoms in total. The molecule has 1 atom stereocenters. The highest BCUT2D eigenvalue weighted by Gasteiger charge is 2.37. The van der Waals surface area contributed by atoms with Crippen LogP contribution in [0, 0.1) is 14.9 Å². The molecule has 0 radical (unpaired) electrons. The molecule has 1 aliphatic rings. The van der Waals surface area contributed by atoms with E-state index in [1.807, 2.05) is 38.1 Å². The van der Waals surface area contributed by atoms with Crippen molar-refractivity contribution in [1.82, 2.24) is 5.32 Å². The highest BCUT2D eigenvalue weighted by molar-refractivity contribution is 14.1. The van der Waals surface area contributed by atoms with Crippen molar-refractivity contribution in [2.24, 2.45) is 11.3 Å². The van der Waals surface area contributed by atoms with Crippen LogP contribution in [0.4, 0.5) is 5.69 Å². The Morgan fingerprint density at radius 2 is 2.26 bits per heavy atom. The lowest BCUT2D eigenvalue weighted by molar-refractivity contribution is -0.127. The summed E-state index contributed by atoms with van der Waals surface area (Å²) in [6, 6.07) is 7.92. The SMILES string of the molecule is CC(C)(C(=O)Nc1cccc(I)c1)C1CCCNC1. The van der Waals surface area contributed by atoms with Gasteiger partial charge >= 0.3 is 0 Å². The third kappa shape index (κ3) is 3.69. The molecule has 1 unspecified atom stereocenters. The minimum absolute atomic E-state index is 0.114. The molecule has 0 saturated carbocycles. The second-order valence-electron chi connectivity index (χ2n) is 5.73. The number of carbonyl (C=O) groups is 1. The van der Waals surface area contributed by atoms with Crippen molar-refractivity contribution >= 4 is 34.2 Å². The van der Waals surface area contributed by atoms with E-state index in [0.717, 1.165) is 35.2 Å². The summed E-state index contributed by atoms with van der Waals surface area (Å²) >= 11 is 2.26. The zero-order chi connectivity index (χ0) is 13.9. The van der Waals surface area contributed by atoms with Gasteiger partial charge in [0.15, 0.2) is 0 Å². The molecule has 1 aliphatic heterocycles. The fourth-order valence-electron chi connectivity index (χ4n) is 2.51. The molecule has 0 aliphatic carbocycles. The number of nitrogens with one attached hydrogen (secondary N) is 2. The number of carbonyl (C=O) groups excluding carboxylic acids is 1. The van der Waals surface area contributed by atoms with Crippen LogP contribution >= 0.6 is 22.6 Å². The van der Waals surface area contributed by atoms with Crippen LogP contribution < -0.4 is 10.6 Å². The average Bonchev–Trinajstić information content (AvgIpc) is 2.39. The molecule has 1 amide bonds. The molecule has 1 heterocycles. The molecule has 2 rings (SSSR count). The van der Waals surface area contributed by atoms with E-state index in [0.29, 0.717) is 5.92 Å². The lowest BCUT2D eigenvalue weighted by Crippen LogP contribution is -2.44. The zero-order valence-corrected chi connectivity index (χ0v) is 13.7. The van der Waals surface area contributed by atoms with Crippen molar-refractivity contribution in [2.45, 2.75) is 26.7 Å². The van der Waals surface area contributed by atoms with E-state index < -0.39 is 0 Å². The van der Waals surface area contributed by atoms with Crippen LogP contribution in [0.15, 0.2) is 24.3 Å². The molecule has 1 saturated heterocycles. The van der Waals surface area contributed by atoms with Crippen molar-refractivity contribution in [3.63, 3.8) is 0 Å². The Morgan fingerprint density at radius 3 is 2.89 bits per heavy atom. The summed E-state index contributed by atoms with van der Waals surface area (Å²) in [5.74, 6) is 0.521. The number of hydrogen-bond acceptors (Lipinski definition) is 2. The molecule has 0 bridgehead atoms. The number of hydrogen-bond donors (Lipinski definition) is 2. The van der Waals surface area contributed by atoms with Gasteiger partial charge < -0.3 is 10.6 Å². The molecular weight excluding hydrogens is 351 g/mol. The first-order valence-electron chi connectivity index (χ1n) is 6.78. The molecular formula is C15H21IN2O. The molecule has 2 N–H and O–H groups in total. The van der Waals surface area contributed by atoms with Gasteiger partial charge in [0, 0.05) is 14.7 Å². The number of anilines is 1. The van der Waals surface area contributed by atoms with E-state index in [9.17, 15) is 4.79 Å². The van der Waals surface area contributed by atoms with Gasteiger partial charge in [-0.2, -0.15) is 0 Å². The van der Waals surface area contributed by atoms with Gasteiger partial charge in [-0.1, -0.05) is 19.9 Å². The lowest BCUT2D eigenvalue weighted by Gasteiger charge is -2.36. The predicted octanol–water partition coefficient (Wildman–Crippen LogP) is 3.26. The van der Waals surface area contributed by atoms with Crippen molar-refractivity contribution in [2.75, 3.05) is 18.4 Å². The van der Waals surface area contributed by atoms with Crippen molar-refractivity contribution in [3.8, 4) is 0 Å². The van der Waals surface area contributed by atoms with Crippen LogP contribution in [0.25, 0.3) is 0 Å². The first kappa shape index (κ1) is 14.8. The van der Waals surface area contributed by atoms with E-state index >= 15 is 0 Å². The second kappa shape index (κ2) is 6.22. The number of halogens is 1. The molecule has 1 aromatic rings. The number of amides is 1. The van der Waals surface area contributed by atoms with Crippen molar-refractivity contribution < 1.29 is 4.79 Å². The Bertz CT molecular complexity index is 453. The first-order valence-corrected chi connectivity index (χ1v) is 7.86. The zero-order valence-electron chi connectivity index (χ0n) is 11.5. The normalized spacial score (nSPS) is 20.1. The van der Waals surface area contributed by atoms with Crippen molar-refractivity contribution in [3.05, 3.63) is 27.8 Å². The summed E-state index contributed by atoms with van der Waals surface area (Å²) in [5, 5.41) is 6.44. The largest absolute Gasteiger partial charge is 0.326 e. The Morgan fingerprint density at radius 1 is 1.47 bits per heavy atom. The Balaban J connectivity index is 2.05. The Kier molecular flexibility index (Phi) is 4.84. The van der Waals surface area contributed by atoms with E-state index in [2.05, 4.69) is 33.2 Å². The minimum Gasteiger partial charge on any atom is -0.326 e. The second-order valence-corrected chi connectivity index (χ2v) is 6.98. The average molecular weight is 372 g/mol. The summed E-state index contributed by atoms with van der Waals surface area (Å²) < 4.78 is 1.13. The van der Waals surface area contributed by atoms with Crippen LogP contribution in [0.2, 0.25) is 0 Å². The van der Waals surface area contributed by atoms with Crippen LogP contribution in [-0.4, -0.2) is 19.0 Å². The van der Waals surface area contributed by atoms with Crippen LogP contribution in [0.3, 0.4) is 0 Å². The smallest absolute Gasteiger partial charge is 0.230 e. The van der Waals surface area contributed by atoms with E-state index in [1.165, 1.54) is 0 Å². The maximum atomic E-state index is 12.5.